The highest BCUT2D eigenvalue weighted by atomic mass is 16.5. The van der Waals surface area contributed by atoms with Crippen LogP contribution in [0.1, 0.15) is 18.4 Å². The number of nitrogens with zero attached hydrogens (tertiary/aromatic N) is 4. The molecule has 136 valence electrons. The highest BCUT2D eigenvalue weighted by Crippen LogP contribution is 2.26. The van der Waals surface area contributed by atoms with Gasteiger partial charge in [0.1, 0.15) is 17.6 Å². The Bertz CT molecular complexity index is 895. The maximum Gasteiger partial charge on any atom is 0.158 e. The van der Waals surface area contributed by atoms with Crippen LogP contribution in [0.15, 0.2) is 42.9 Å². The summed E-state index contributed by atoms with van der Waals surface area (Å²) >= 11 is 0. The third-order valence-corrected chi connectivity index (χ3v) is 4.74. The molecule has 3 aromatic rings. The van der Waals surface area contributed by atoms with Gasteiger partial charge in [0.05, 0.1) is 13.2 Å². The largest absolute Gasteiger partial charge is 0.497 e. The predicted octanol–water partition coefficient (Wildman–Crippen LogP) is 2.44. The Hall–Kier alpha value is -2.64. The van der Waals surface area contributed by atoms with Gasteiger partial charge in [-0.25, -0.2) is 9.50 Å². The lowest BCUT2D eigenvalue weighted by Crippen LogP contribution is -2.37. The smallest absolute Gasteiger partial charge is 0.158 e. The Morgan fingerprint density at radius 2 is 2.27 bits per heavy atom. The maximum atomic E-state index is 9.92. The molecule has 2 aromatic heterocycles. The van der Waals surface area contributed by atoms with Crippen LogP contribution in [0.3, 0.4) is 0 Å². The molecule has 1 aromatic carbocycles. The van der Waals surface area contributed by atoms with Crippen molar-refractivity contribution in [1.29, 1.82) is 0 Å². The lowest BCUT2D eigenvalue weighted by atomic mass is 10.1. The van der Waals surface area contributed by atoms with Gasteiger partial charge in [0.25, 0.3) is 0 Å². The quantitative estimate of drug-likeness (QED) is 0.734. The molecule has 0 unspecified atom stereocenters. The number of ether oxygens (including phenoxy) is 1. The van der Waals surface area contributed by atoms with E-state index in [2.05, 4.69) is 26.4 Å². The molecule has 4 rings (SSSR count). The van der Waals surface area contributed by atoms with Crippen LogP contribution in [0.5, 0.6) is 5.75 Å². The summed E-state index contributed by atoms with van der Waals surface area (Å²) in [4.78, 5) is 6.73. The minimum Gasteiger partial charge on any atom is -0.497 e. The van der Waals surface area contributed by atoms with Gasteiger partial charge in [-0.15, -0.1) is 0 Å². The number of benzene rings is 1. The Morgan fingerprint density at radius 1 is 1.35 bits per heavy atom. The summed E-state index contributed by atoms with van der Waals surface area (Å²) < 4.78 is 7.13. The van der Waals surface area contributed by atoms with Crippen molar-refractivity contribution >= 4 is 17.0 Å². The van der Waals surface area contributed by atoms with Crippen molar-refractivity contribution in [3.63, 3.8) is 0 Å². The van der Waals surface area contributed by atoms with E-state index in [1.165, 1.54) is 0 Å². The van der Waals surface area contributed by atoms with E-state index in [1.807, 2.05) is 35.0 Å². The SMILES string of the molecule is COc1cccc(Nc2ncnn3ccc(CN4CCC[C@H](O)C4)c23)c1. The van der Waals surface area contributed by atoms with Crippen molar-refractivity contribution < 1.29 is 9.84 Å². The number of fused-ring (bicyclic) bond motifs is 1. The molecule has 7 heteroatoms. The summed E-state index contributed by atoms with van der Waals surface area (Å²) in [6, 6.07) is 9.83. The fraction of sp³-hybridized carbons (Fsp3) is 0.368. The fourth-order valence-electron chi connectivity index (χ4n) is 3.49. The van der Waals surface area contributed by atoms with Gasteiger partial charge in [0, 0.05) is 31.0 Å². The maximum absolute atomic E-state index is 9.92. The average Bonchev–Trinajstić information content (AvgIpc) is 3.06. The zero-order chi connectivity index (χ0) is 17.9. The van der Waals surface area contributed by atoms with Crippen LogP contribution in [0.25, 0.3) is 5.52 Å². The van der Waals surface area contributed by atoms with Gasteiger partial charge in [-0.3, -0.25) is 4.90 Å². The second-order valence-electron chi connectivity index (χ2n) is 6.63. The van der Waals surface area contributed by atoms with E-state index >= 15 is 0 Å². The normalized spacial score (nSPS) is 18.2. The molecule has 0 radical (unpaired) electrons. The average molecular weight is 353 g/mol. The van der Waals surface area contributed by atoms with Crippen molar-refractivity contribution in [3.8, 4) is 5.75 Å². The van der Waals surface area contributed by atoms with Crippen LogP contribution in [-0.4, -0.2) is 50.9 Å². The van der Waals surface area contributed by atoms with Crippen molar-refractivity contribution in [2.45, 2.75) is 25.5 Å². The molecule has 2 N–H and O–H groups in total. The zero-order valence-electron chi connectivity index (χ0n) is 14.8. The van der Waals surface area contributed by atoms with Crippen molar-refractivity contribution in [1.82, 2.24) is 19.5 Å². The Kier molecular flexibility index (Phi) is 4.73. The molecule has 0 spiro atoms. The Labute approximate surface area is 152 Å². The first-order chi connectivity index (χ1) is 12.7. The number of piperidine rings is 1. The number of rotatable bonds is 5. The molecular weight excluding hydrogens is 330 g/mol. The predicted molar refractivity (Wildman–Crippen MR) is 99.8 cm³/mol. The number of hydrogen-bond donors (Lipinski definition) is 2. The van der Waals surface area contributed by atoms with Crippen molar-refractivity contribution in [2.24, 2.45) is 0 Å². The second-order valence-corrected chi connectivity index (χ2v) is 6.63. The Morgan fingerprint density at radius 3 is 3.12 bits per heavy atom. The highest BCUT2D eigenvalue weighted by molar-refractivity contribution is 5.76. The molecule has 3 heterocycles. The van der Waals surface area contributed by atoms with Gasteiger partial charge >= 0.3 is 0 Å². The summed E-state index contributed by atoms with van der Waals surface area (Å²) in [5.41, 5.74) is 3.01. The van der Waals surface area contributed by atoms with Crippen LogP contribution >= 0.6 is 0 Å². The van der Waals surface area contributed by atoms with E-state index in [0.29, 0.717) is 6.54 Å². The van der Waals surface area contributed by atoms with E-state index in [4.69, 9.17) is 4.74 Å². The summed E-state index contributed by atoms with van der Waals surface area (Å²) in [5.74, 6) is 1.55. The molecule has 1 aliphatic rings. The van der Waals surface area contributed by atoms with Crippen LogP contribution in [-0.2, 0) is 6.54 Å². The van der Waals surface area contributed by atoms with Gasteiger partial charge in [0.15, 0.2) is 5.82 Å². The number of aliphatic hydroxyl groups is 1. The zero-order valence-corrected chi connectivity index (χ0v) is 14.8. The monoisotopic (exact) mass is 353 g/mol. The topological polar surface area (TPSA) is 74.9 Å². The lowest BCUT2D eigenvalue weighted by molar-refractivity contribution is 0.0670. The molecule has 0 amide bonds. The van der Waals surface area contributed by atoms with Crippen LogP contribution in [0.4, 0.5) is 11.5 Å². The molecule has 26 heavy (non-hydrogen) atoms. The summed E-state index contributed by atoms with van der Waals surface area (Å²) in [6.07, 6.45) is 5.17. The van der Waals surface area contributed by atoms with Crippen LogP contribution < -0.4 is 10.1 Å². The molecule has 1 fully saturated rings. The van der Waals surface area contributed by atoms with Gasteiger partial charge in [-0.2, -0.15) is 5.10 Å². The number of aromatic nitrogens is 3. The summed E-state index contributed by atoms with van der Waals surface area (Å²) in [6.45, 7) is 2.48. The van der Waals surface area contributed by atoms with Gasteiger partial charge in [0.2, 0.25) is 0 Å². The number of methoxy groups -OCH3 is 1. The first-order valence-electron chi connectivity index (χ1n) is 8.85. The van der Waals surface area contributed by atoms with Gasteiger partial charge in [-0.05, 0) is 43.1 Å². The molecule has 7 nitrogen and oxygen atoms in total. The highest BCUT2D eigenvalue weighted by Gasteiger charge is 2.20. The molecule has 0 aliphatic carbocycles. The van der Waals surface area contributed by atoms with E-state index < -0.39 is 0 Å². The van der Waals surface area contributed by atoms with Crippen LogP contribution in [0.2, 0.25) is 0 Å². The molecule has 0 saturated carbocycles. The van der Waals surface area contributed by atoms with E-state index in [-0.39, 0.29) is 6.10 Å². The summed E-state index contributed by atoms with van der Waals surface area (Å²) in [5, 5.41) is 17.6. The molecular formula is C19H23N5O2. The van der Waals surface area contributed by atoms with E-state index in [0.717, 1.165) is 54.3 Å². The van der Waals surface area contributed by atoms with E-state index in [9.17, 15) is 5.11 Å². The summed E-state index contributed by atoms with van der Waals surface area (Å²) in [7, 11) is 1.65. The molecule has 1 aliphatic heterocycles. The third kappa shape index (κ3) is 3.49. The van der Waals surface area contributed by atoms with Gasteiger partial charge in [-0.1, -0.05) is 6.07 Å². The number of hydrogen-bond acceptors (Lipinski definition) is 6. The minimum absolute atomic E-state index is 0.233. The number of anilines is 2. The first-order valence-corrected chi connectivity index (χ1v) is 8.85. The van der Waals surface area contributed by atoms with Gasteiger partial charge < -0.3 is 15.2 Å². The number of likely N-dealkylation sites (tertiary alicyclic amines) is 1. The standard InChI is InChI=1S/C19H23N5O2/c1-26-17-6-2-4-15(10-17)22-19-18-14(7-9-24(18)21-13-20-19)11-23-8-3-5-16(25)12-23/h2,4,6-7,9-10,13,16,25H,3,5,8,11-12H2,1H3,(H,20,21,22)/t16-/m0/s1. The van der Waals surface area contributed by atoms with E-state index in [1.54, 1.807) is 13.4 Å². The Balaban J connectivity index is 1.63. The molecule has 0 bridgehead atoms. The number of nitrogens with one attached hydrogen (secondary N) is 1. The molecule has 1 saturated heterocycles. The third-order valence-electron chi connectivity index (χ3n) is 4.74. The fourth-order valence-corrected chi connectivity index (χ4v) is 3.49. The molecule has 1 atom stereocenters. The minimum atomic E-state index is -0.233. The lowest BCUT2D eigenvalue weighted by Gasteiger charge is -2.29. The van der Waals surface area contributed by atoms with Crippen LogP contribution in [0, 0.1) is 0 Å². The first kappa shape index (κ1) is 16.8. The second kappa shape index (κ2) is 7.31. The van der Waals surface area contributed by atoms with Crippen molar-refractivity contribution in [3.05, 3.63) is 48.4 Å². The number of β-amino-alcohol motifs (C(OH)–C–C–N with tert-alkyl or cyclic N) is 1. The van der Waals surface area contributed by atoms with Crippen molar-refractivity contribution in [2.75, 3.05) is 25.5 Å². The number of aliphatic hydroxyl groups excluding tert-OH is 1.